The molecular formula is C23H26ClFN2. The normalized spacial score (nSPS) is 30.7. The molecule has 5 rings (SSSR count). The first-order valence-electron chi connectivity index (χ1n) is 10.2. The molecule has 2 aromatic carbocycles. The quantitative estimate of drug-likeness (QED) is 0.790. The minimum absolute atomic E-state index is 0.168. The van der Waals surface area contributed by atoms with Crippen LogP contribution in [0.1, 0.15) is 54.2 Å². The molecule has 1 aliphatic carbocycles. The predicted molar refractivity (Wildman–Crippen MR) is 108 cm³/mol. The molecule has 2 nitrogen and oxygen atoms in total. The molecule has 3 aliphatic rings. The Balaban J connectivity index is 1.59. The highest BCUT2D eigenvalue weighted by atomic mass is 35.5. The van der Waals surface area contributed by atoms with E-state index in [-0.39, 0.29) is 11.4 Å². The Morgan fingerprint density at radius 2 is 1.89 bits per heavy atom. The SMILES string of the molecule is Fc1ccc(C2CC(C34CCCCN3CCNC4)c3cc(Cl)ccc32)cc1. The Morgan fingerprint density at radius 3 is 2.74 bits per heavy atom. The van der Waals surface area contributed by atoms with Gasteiger partial charge in [0, 0.05) is 42.0 Å². The number of piperidine rings is 1. The molecule has 0 radical (unpaired) electrons. The Bertz CT molecular complexity index is 823. The molecular weight excluding hydrogens is 359 g/mol. The molecule has 4 heteroatoms. The summed E-state index contributed by atoms with van der Waals surface area (Å²) in [6.07, 6.45) is 4.93. The van der Waals surface area contributed by atoms with Crippen molar-refractivity contribution in [1.29, 1.82) is 0 Å². The van der Waals surface area contributed by atoms with Crippen molar-refractivity contribution in [2.24, 2.45) is 0 Å². The lowest BCUT2D eigenvalue weighted by atomic mass is 9.71. The molecule has 0 aromatic heterocycles. The van der Waals surface area contributed by atoms with Crippen LogP contribution in [0.25, 0.3) is 0 Å². The van der Waals surface area contributed by atoms with Gasteiger partial charge in [-0.3, -0.25) is 4.90 Å². The molecule has 0 bridgehead atoms. The fourth-order valence-electron chi connectivity index (χ4n) is 5.86. The van der Waals surface area contributed by atoms with Crippen molar-refractivity contribution in [3.05, 3.63) is 70.0 Å². The Labute approximate surface area is 165 Å². The van der Waals surface area contributed by atoms with Gasteiger partial charge in [-0.2, -0.15) is 0 Å². The van der Waals surface area contributed by atoms with E-state index >= 15 is 0 Å². The van der Waals surface area contributed by atoms with E-state index in [2.05, 4.69) is 22.3 Å². The van der Waals surface area contributed by atoms with Crippen LogP contribution in [0.15, 0.2) is 42.5 Å². The van der Waals surface area contributed by atoms with Crippen LogP contribution in [-0.4, -0.2) is 36.6 Å². The highest BCUT2D eigenvalue weighted by molar-refractivity contribution is 6.30. The molecule has 2 heterocycles. The van der Waals surface area contributed by atoms with Crippen molar-refractivity contribution in [3.63, 3.8) is 0 Å². The zero-order chi connectivity index (χ0) is 18.4. The first kappa shape index (κ1) is 17.7. The largest absolute Gasteiger partial charge is 0.314 e. The van der Waals surface area contributed by atoms with Gasteiger partial charge >= 0.3 is 0 Å². The fourth-order valence-corrected chi connectivity index (χ4v) is 6.04. The number of hydrogen-bond acceptors (Lipinski definition) is 2. The average Bonchev–Trinajstić information content (AvgIpc) is 3.08. The van der Waals surface area contributed by atoms with Gasteiger partial charge in [-0.1, -0.05) is 36.2 Å². The molecule has 2 saturated heterocycles. The summed E-state index contributed by atoms with van der Waals surface area (Å²) in [6, 6.07) is 13.5. The molecule has 2 aromatic rings. The summed E-state index contributed by atoms with van der Waals surface area (Å²) < 4.78 is 13.5. The zero-order valence-corrected chi connectivity index (χ0v) is 16.3. The molecule has 3 unspecified atom stereocenters. The lowest BCUT2D eigenvalue weighted by Gasteiger charge is -2.54. The topological polar surface area (TPSA) is 15.3 Å². The molecule has 142 valence electrons. The van der Waals surface area contributed by atoms with Crippen molar-refractivity contribution >= 4 is 11.6 Å². The van der Waals surface area contributed by atoms with Crippen molar-refractivity contribution in [2.45, 2.75) is 43.1 Å². The highest BCUT2D eigenvalue weighted by Gasteiger charge is 2.50. The maximum absolute atomic E-state index is 13.5. The van der Waals surface area contributed by atoms with Crippen LogP contribution in [0, 0.1) is 5.82 Å². The lowest BCUT2D eigenvalue weighted by Crippen LogP contribution is -2.65. The summed E-state index contributed by atoms with van der Waals surface area (Å²) >= 11 is 6.44. The lowest BCUT2D eigenvalue weighted by molar-refractivity contribution is 0.00197. The van der Waals surface area contributed by atoms with Gasteiger partial charge in [-0.25, -0.2) is 4.39 Å². The van der Waals surface area contributed by atoms with Gasteiger partial charge in [0.1, 0.15) is 5.82 Å². The van der Waals surface area contributed by atoms with E-state index in [1.807, 2.05) is 18.2 Å². The van der Waals surface area contributed by atoms with Crippen LogP contribution < -0.4 is 5.32 Å². The third-order valence-electron chi connectivity index (χ3n) is 7.10. The number of nitrogens with zero attached hydrogens (tertiary/aromatic N) is 1. The Morgan fingerprint density at radius 1 is 1.04 bits per heavy atom. The Hall–Kier alpha value is -1.42. The zero-order valence-electron chi connectivity index (χ0n) is 15.6. The van der Waals surface area contributed by atoms with Crippen molar-refractivity contribution < 1.29 is 4.39 Å². The monoisotopic (exact) mass is 384 g/mol. The second-order valence-electron chi connectivity index (χ2n) is 8.39. The molecule has 2 aliphatic heterocycles. The molecule has 1 N–H and O–H groups in total. The summed E-state index contributed by atoms with van der Waals surface area (Å²) in [5.41, 5.74) is 4.18. The van der Waals surface area contributed by atoms with Crippen LogP contribution in [0.2, 0.25) is 5.02 Å². The van der Waals surface area contributed by atoms with E-state index < -0.39 is 0 Å². The van der Waals surface area contributed by atoms with Gasteiger partial charge in [0.15, 0.2) is 0 Å². The van der Waals surface area contributed by atoms with Gasteiger partial charge in [-0.05, 0) is 66.8 Å². The number of hydrogen-bond donors (Lipinski definition) is 1. The molecule has 0 spiro atoms. The highest BCUT2D eigenvalue weighted by Crippen LogP contribution is 2.54. The van der Waals surface area contributed by atoms with Gasteiger partial charge < -0.3 is 5.32 Å². The number of halogens is 2. The van der Waals surface area contributed by atoms with Gasteiger partial charge in [-0.15, -0.1) is 0 Å². The molecule has 0 amide bonds. The number of piperazine rings is 1. The first-order chi connectivity index (χ1) is 13.2. The van der Waals surface area contributed by atoms with Crippen LogP contribution in [0.3, 0.4) is 0 Å². The minimum Gasteiger partial charge on any atom is -0.314 e. The standard InChI is InChI=1S/C23H26ClFN2/c24-17-5-8-19-20(16-3-6-18(25)7-4-16)14-22(21(19)13-17)23-9-1-2-11-27(23)12-10-26-15-23/h3-8,13,20,22,26H,1-2,9-12,14-15H2. The first-order valence-corrected chi connectivity index (χ1v) is 10.6. The average molecular weight is 385 g/mol. The van der Waals surface area contributed by atoms with Crippen LogP contribution in [0.4, 0.5) is 4.39 Å². The van der Waals surface area contributed by atoms with E-state index in [1.54, 1.807) is 12.1 Å². The van der Waals surface area contributed by atoms with Crippen molar-refractivity contribution in [2.75, 3.05) is 26.2 Å². The Kier molecular flexibility index (Phi) is 4.50. The number of rotatable bonds is 2. The van der Waals surface area contributed by atoms with Crippen LogP contribution in [0.5, 0.6) is 0 Å². The van der Waals surface area contributed by atoms with Gasteiger partial charge in [0.25, 0.3) is 0 Å². The fraction of sp³-hybridized carbons (Fsp3) is 0.478. The summed E-state index contributed by atoms with van der Waals surface area (Å²) in [5, 5.41) is 4.51. The van der Waals surface area contributed by atoms with Crippen molar-refractivity contribution in [1.82, 2.24) is 10.2 Å². The van der Waals surface area contributed by atoms with Gasteiger partial charge in [0.05, 0.1) is 0 Å². The maximum atomic E-state index is 13.5. The van der Waals surface area contributed by atoms with Crippen LogP contribution >= 0.6 is 11.6 Å². The van der Waals surface area contributed by atoms with E-state index in [9.17, 15) is 4.39 Å². The second kappa shape index (κ2) is 6.88. The number of nitrogens with one attached hydrogen (secondary N) is 1. The predicted octanol–water partition coefficient (Wildman–Crippen LogP) is 4.93. The van der Waals surface area contributed by atoms with E-state index in [0.29, 0.717) is 11.8 Å². The molecule has 0 saturated carbocycles. The summed E-state index contributed by atoms with van der Waals surface area (Å²) in [4.78, 5) is 2.75. The summed E-state index contributed by atoms with van der Waals surface area (Å²) in [6.45, 7) is 4.47. The van der Waals surface area contributed by atoms with E-state index in [1.165, 1.54) is 42.5 Å². The van der Waals surface area contributed by atoms with E-state index in [0.717, 1.165) is 31.1 Å². The maximum Gasteiger partial charge on any atom is 0.123 e. The minimum atomic E-state index is -0.168. The number of benzene rings is 2. The summed E-state index contributed by atoms with van der Waals surface area (Å²) in [5.74, 6) is 0.621. The molecule has 27 heavy (non-hydrogen) atoms. The van der Waals surface area contributed by atoms with Gasteiger partial charge in [0.2, 0.25) is 0 Å². The van der Waals surface area contributed by atoms with Crippen LogP contribution in [-0.2, 0) is 0 Å². The van der Waals surface area contributed by atoms with Crippen molar-refractivity contribution in [3.8, 4) is 0 Å². The second-order valence-corrected chi connectivity index (χ2v) is 8.83. The third kappa shape index (κ3) is 2.91. The number of fused-ring (bicyclic) bond motifs is 2. The molecule has 3 atom stereocenters. The smallest absolute Gasteiger partial charge is 0.123 e. The molecule has 2 fully saturated rings. The van der Waals surface area contributed by atoms with E-state index in [4.69, 9.17) is 11.6 Å². The summed E-state index contributed by atoms with van der Waals surface area (Å²) in [7, 11) is 0. The third-order valence-corrected chi connectivity index (χ3v) is 7.33.